The molecule has 0 bridgehead atoms. The van der Waals surface area contributed by atoms with Crippen molar-refractivity contribution in [3.05, 3.63) is 79.4 Å². The molecule has 0 aliphatic rings. The molecular formula is C14H13N3. The van der Waals surface area contributed by atoms with Crippen LogP contribution < -0.4 is 0 Å². The van der Waals surface area contributed by atoms with E-state index in [0.717, 1.165) is 5.69 Å². The largest absolute Gasteiger partial charge is 0.265 e. The van der Waals surface area contributed by atoms with Gasteiger partial charge in [0.05, 0.1) is 5.69 Å². The zero-order valence-electron chi connectivity index (χ0n) is 9.35. The normalized spacial score (nSPS) is 9.18. The van der Waals surface area contributed by atoms with Gasteiger partial charge in [-0.15, -0.1) is 0 Å². The molecular weight excluding hydrogens is 210 g/mol. The van der Waals surface area contributed by atoms with Crippen molar-refractivity contribution >= 4 is 0 Å². The fourth-order valence-electron chi connectivity index (χ4n) is 1.31. The number of nitrogens with zero attached hydrogens (tertiary/aromatic N) is 3. The summed E-state index contributed by atoms with van der Waals surface area (Å²) in [6, 6.07) is 17.7. The molecule has 84 valence electrons. The van der Waals surface area contributed by atoms with E-state index in [1.165, 1.54) is 0 Å². The predicted molar refractivity (Wildman–Crippen MR) is 67.8 cm³/mol. The highest BCUT2D eigenvalue weighted by molar-refractivity contribution is 5.29. The Bertz CT molecular complexity index is 477. The van der Waals surface area contributed by atoms with E-state index in [2.05, 4.69) is 10.1 Å². The maximum Gasteiger partial charge on any atom is 0.0645 e. The highest BCUT2D eigenvalue weighted by atomic mass is 15.3. The quantitative estimate of drug-likeness (QED) is 0.635. The van der Waals surface area contributed by atoms with E-state index in [-0.39, 0.29) is 0 Å². The molecule has 17 heavy (non-hydrogen) atoms. The van der Waals surface area contributed by atoms with Gasteiger partial charge in [0, 0.05) is 24.8 Å². The zero-order valence-corrected chi connectivity index (χ0v) is 9.35. The fourth-order valence-corrected chi connectivity index (χ4v) is 1.31. The van der Waals surface area contributed by atoms with Crippen LogP contribution in [0.5, 0.6) is 0 Å². The Labute approximate surface area is 100 Å². The Morgan fingerprint density at radius 1 is 0.706 bits per heavy atom. The average Bonchev–Trinajstić information content (AvgIpc) is 2.96. The Morgan fingerprint density at radius 2 is 1.41 bits per heavy atom. The van der Waals surface area contributed by atoms with Crippen LogP contribution in [0.1, 0.15) is 0 Å². The minimum Gasteiger partial charge on any atom is -0.265 e. The van der Waals surface area contributed by atoms with Crippen LogP contribution in [0.25, 0.3) is 5.69 Å². The number of aromatic nitrogens is 3. The van der Waals surface area contributed by atoms with Gasteiger partial charge in [-0.05, 0) is 30.3 Å². The SMILES string of the molecule is c1ccc(-n2cccn2)cc1.c1ccncc1. The molecule has 0 fully saturated rings. The molecule has 0 amide bonds. The van der Waals surface area contributed by atoms with Crippen molar-refractivity contribution in [2.75, 3.05) is 0 Å². The van der Waals surface area contributed by atoms with Crippen molar-refractivity contribution in [2.24, 2.45) is 0 Å². The van der Waals surface area contributed by atoms with Crippen molar-refractivity contribution in [2.45, 2.75) is 0 Å². The Hall–Kier alpha value is -2.42. The summed E-state index contributed by atoms with van der Waals surface area (Å²) < 4.78 is 1.83. The molecule has 1 aromatic carbocycles. The lowest BCUT2D eigenvalue weighted by atomic mass is 10.3. The second-order valence-electron chi connectivity index (χ2n) is 3.31. The van der Waals surface area contributed by atoms with E-state index in [9.17, 15) is 0 Å². The molecule has 3 aromatic rings. The standard InChI is InChI=1S/C9H8N2.C5H5N/c1-2-5-9(6-3-1)11-8-4-7-10-11;1-2-4-6-5-3-1/h1-8H;1-5H. The highest BCUT2D eigenvalue weighted by Crippen LogP contribution is 2.03. The summed E-state index contributed by atoms with van der Waals surface area (Å²) in [5.74, 6) is 0. The molecule has 0 radical (unpaired) electrons. The number of rotatable bonds is 1. The molecule has 2 heterocycles. The fraction of sp³-hybridized carbons (Fsp3) is 0. The number of pyridine rings is 1. The predicted octanol–water partition coefficient (Wildman–Crippen LogP) is 2.95. The highest BCUT2D eigenvalue weighted by Gasteiger charge is 1.90. The lowest BCUT2D eigenvalue weighted by molar-refractivity contribution is 0.880. The van der Waals surface area contributed by atoms with Crippen LogP contribution in [0.15, 0.2) is 79.4 Å². The Balaban J connectivity index is 0.000000153. The lowest BCUT2D eigenvalue weighted by Crippen LogP contribution is -1.91. The first kappa shape index (κ1) is 11.1. The van der Waals surface area contributed by atoms with Crippen molar-refractivity contribution in [1.29, 1.82) is 0 Å². The van der Waals surface area contributed by atoms with Gasteiger partial charge in [-0.2, -0.15) is 5.10 Å². The number of benzene rings is 1. The van der Waals surface area contributed by atoms with Crippen molar-refractivity contribution in [3.63, 3.8) is 0 Å². The Kier molecular flexibility index (Phi) is 4.06. The molecule has 3 heteroatoms. The van der Waals surface area contributed by atoms with Crippen LogP contribution in [-0.4, -0.2) is 14.8 Å². The first-order valence-electron chi connectivity index (χ1n) is 5.37. The molecule has 3 nitrogen and oxygen atoms in total. The molecule has 0 N–H and O–H groups in total. The average molecular weight is 223 g/mol. The summed E-state index contributed by atoms with van der Waals surface area (Å²) >= 11 is 0. The molecule has 2 aromatic heterocycles. The van der Waals surface area contributed by atoms with Crippen LogP contribution in [0, 0.1) is 0 Å². The summed E-state index contributed by atoms with van der Waals surface area (Å²) in [5.41, 5.74) is 1.09. The summed E-state index contributed by atoms with van der Waals surface area (Å²) in [7, 11) is 0. The van der Waals surface area contributed by atoms with Gasteiger partial charge < -0.3 is 0 Å². The second-order valence-corrected chi connectivity index (χ2v) is 3.31. The van der Waals surface area contributed by atoms with Crippen molar-refractivity contribution in [3.8, 4) is 5.69 Å². The number of para-hydroxylation sites is 1. The first-order valence-corrected chi connectivity index (χ1v) is 5.37. The molecule has 3 rings (SSSR count). The number of hydrogen-bond acceptors (Lipinski definition) is 2. The van der Waals surface area contributed by atoms with Crippen molar-refractivity contribution in [1.82, 2.24) is 14.8 Å². The van der Waals surface area contributed by atoms with Crippen LogP contribution in [0.3, 0.4) is 0 Å². The molecule has 0 saturated heterocycles. The molecule has 0 aliphatic heterocycles. The summed E-state index contributed by atoms with van der Waals surface area (Å²) in [5, 5.41) is 4.10. The van der Waals surface area contributed by atoms with E-state index >= 15 is 0 Å². The molecule has 0 aliphatic carbocycles. The van der Waals surface area contributed by atoms with Gasteiger partial charge in [0.15, 0.2) is 0 Å². The van der Waals surface area contributed by atoms with E-state index in [4.69, 9.17) is 0 Å². The van der Waals surface area contributed by atoms with Crippen molar-refractivity contribution < 1.29 is 0 Å². The minimum atomic E-state index is 1.09. The van der Waals surface area contributed by atoms with E-state index in [0.29, 0.717) is 0 Å². The second kappa shape index (κ2) is 6.23. The monoisotopic (exact) mass is 223 g/mol. The van der Waals surface area contributed by atoms with Crippen LogP contribution >= 0.6 is 0 Å². The van der Waals surface area contributed by atoms with E-state index < -0.39 is 0 Å². The molecule has 0 spiro atoms. The van der Waals surface area contributed by atoms with Gasteiger partial charge in [0.25, 0.3) is 0 Å². The van der Waals surface area contributed by atoms with Gasteiger partial charge in [-0.1, -0.05) is 24.3 Å². The van der Waals surface area contributed by atoms with Crippen LogP contribution in [-0.2, 0) is 0 Å². The summed E-state index contributed by atoms with van der Waals surface area (Å²) in [6.45, 7) is 0. The van der Waals surface area contributed by atoms with Gasteiger partial charge in [-0.3, -0.25) is 4.98 Å². The van der Waals surface area contributed by atoms with Gasteiger partial charge in [0.2, 0.25) is 0 Å². The number of hydrogen-bond donors (Lipinski definition) is 0. The Morgan fingerprint density at radius 3 is 1.88 bits per heavy atom. The molecule has 0 unspecified atom stereocenters. The van der Waals surface area contributed by atoms with E-state index in [1.807, 2.05) is 65.5 Å². The minimum absolute atomic E-state index is 1.09. The van der Waals surface area contributed by atoms with Crippen LogP contribution in [0.4, 0.5) is 0 Å². The summed E-state index contributed by atoms with van der Waals surface area (Å²) in [4.78, 5) is 3.78. The molecule has 0 saturated carbocycles. The third-order valence-electron chi connectivity index (χ3n) is 2.09. The van der Waals surface area contributed by atoms with Gasteiger partial charge in [0.1, 0.15) is 0 Å². The molecule has 0 atom stereocenters. The third kappa shape index (κ3) is 3.57. The zero-order chi connectivity index (χ0) is 11.8. The van der Waals surface area contributed by atoms with Gasteiger partial charge in [-0.25, -0.2) is 4.68 Å². The smallest absolute Gasteiger partial charge is 0.0645 e. The first-order chi connectivity index (χ1) is 8.47. The van der Waals surface area contributed by atoms with Crippen LogP contribution in [0.2, 0.25) is 0 Å². The third-order valence-corrected chi connectivity index (χ3v) is 2.09. The van der Waals surface area contributed by atoms with Gasteiger partial charge >= 0.3 is 0 Å². The van der Waals surface area contributed by atoms with E-state index in [1.54, 1.807) is 18.6 Å². The topological polar surface area (TPSA) is 30.7 Å². The lowest BCUT2D eigenvalue weighted by Gasteiger charge is -1.97. The summed E-state index contributed by atoms with van der Waals surface area (Å²) in [6.07, 6.45) is 7.20. The maximum atomic E-state index is 4.10. The maximum absolute atomic E-state index is 4.10.